The molecule has 7 heteroatoms. The number of aromatic nitrogens is 2. The minimum Gasteiger partial charge on any atom is -0.497 e. The van der Waals surface area contributed by atoms with E-state index < -0.39 is 0 Å². The van der Waals surface area contributed by atoms with Crippen LogP contribution in [0.5, 0.6) is 5.75 Å². The van der Waals surface area contributed by atoms with E-state index in [0.29, 0.717) is 11.8 Å². The fraction of sp³-hybridized carbons (Fsp3) is 0.522. The van der Waals surface area contributed by atoms with Gasteiger partial charge in [-0.1, -0.05) is 16.8 Å². The van der Waals surface area contributed by atoms with E-state index in [1.54, 1.807) is 7.11 Å². The minimum absolute atomic E-state index is 0.0607. The molecule has 0 radical (unpaired) electrons. The highest BCUT2D eigenvalue weighted by Gasteiger charge is 2.27. The molecule has 30 heavy (non-hydrogen) atoms. The molecule has 2 aliphatic rings. The minimum atomic E-state index is 0.0607. The first-order valence-electron chi connectivity index (χ1n) is 10.9. The Labute approximate surface area is 177 Å². The molecule has 1 saturated heterocycles. The van der Waals surface area contributed by atoms with Crippen molar-refractivity contribution in [3.05, 3.63) is 35.9 Å². The smallest absolute Gasteiger partial charge is 0.324 e. The number of nitrogens with one attached hydrogen (secondary N) is 1. The first-order chi connectivity index (χ1) is 14.7. The molecule has 1 aliphatic carbocycles. The summed E-state index contributed by atoms with van der Waals surface area (Å²) in [5.41, 5.74) is 2.38. The number of methoxy groups -OCH3 is 1. The Balaban J connectivity index is 1.24. The molecule has 4 rings (SSSR count). The van der Waals surface area contributed by atoms with Crippen molar-refractivity contribution in [2.45, 2.75) is 44.9 Å². The lowest BCUT2D eigenvalue weighted by molar-refractivity contribution is -0.125. The number of carbonyl (C=O) groups is 1. The molecule has 1 aliphatic heterocycles. The molecule has 1 aromatic heterocycles. The normalized spacial score (nSPS) is 17.5. The van der Waals surface area contributed by atoms with E-state index in [9.17, 15) is 4.79 Å². The Morgan fingerprint density at radius 3 is 2.73 bits per heavy atom. The van der Waals surface area contributed by atoms with Gasteiger partial charge in [0.15, 0.2) is 0 Å². The van der Waals surface area contributed by atoms with Crippen LogP contribution in [-0.2, 0) is 4.79 Å². The summed E-state index contributed by atoms with van der Waals surface area (Å²) in [7, 11) is 1.64. The largest absolute Gasteiger partial charge is 0.497 e. The Hall–Kier alpha value is -2.83. The van der Waals surface area contributed by atoms with Gasteiger partial charge in [-0.25, -0.2) is 0 Å². The molecule has 1 aromatic carbocycles. The zero-order valence-electron chi connectivity index (χ0n) is 17.6. The highest BCUT2D eigenvalue weighted by Crippen LogP contribution is 2.26. The summed E-state index contributed by atoms with van der Waals surface area (Å²) >= 11 is 0. The summed E-state index contributed by atoms with van der Waals surface area (Å²) in [6.07, 6.45) is 9.90. The van der Waals surface area contributed by atoms with Crippen molar-refractivity contribution in [2.75, 3.05) is 31.6 Å². The number of rotatable bonds is 7. The number of allylic oxidation sites excluding steroid dienone is 1. The van der Waals surface area contributed by atoms with Crippen molar-refractivity contribution in [2.24, 2.45) is 5.92 Å². The van der Waals surface area contributed by atoms with Gasteiger partial charge in [0.25, 0.3) is 0 Å². The third-order valence-corrected chi connectivity index (χ3v) is 6.03. The molecular weight excluding hydrogens is 380 g/mol. The molecule has 2 aromatic rings. The van der Waals surface area contributed by atoms with Gasteiger partial charge in [-0.3, -0.25) is 4.79 Å². The van der Waals surface area contributed by atoms with Gasteiger partial charge in [0, 0.05) is 31.1 Å². The fourth-order valence-corrected chi connectivity index (χ4v) is 4.16. The van der Waals surface area contributed by atoms with Gasteiger partial charge in [0.05, 0.1) is 7.11 Å². The van der Waals surface area contributed by atoms with Gasteiger partial charge < -0.3 is 19.5 Å². The van der Waals surface area contributed by atoms with Gasteiger partial charge in [0.1, 0.15) is 5.75 Å². The molecule has 1 fully saturated rings. The SMILES string of the molecule is COc1ccc(-c2noc(N3CCC(C(=O)NCCC4=CCCCC4)CC3)n2)cc1. The number of nitrogens with zero attached hydrogens (tertiary/aromatic N) is 3. The van der Waals surface area contributed by atoms with Crippen LogP contribution in [0.4, 0.5) is 6.01 Å². The average Bonchev–Trinajstić information content (AvgIpc) is 3.30. The van der Waals surface area contributed by atoms with E-state index in [2.05, 4.69) is 26.4 Å². The molecule has 1 amide bonds. The Morgan fingerprint density at radius 1 is 1.23 bits per heavy atom. The van der Waals surface area contributed by atoms with E-state index in [1.807, 2.05) is 24.3 Å². The molecule has 2 heterocycles. The molecule has 160 valence electrons. The third kappa shape index (κ3) is 5.01. The van der Waals surface area contributed by atoms with E-state index in [4.69, 9.17) is 9.26 Å². The summed E-state index contributed by atoms with van der Waals surface area (Å²) in [4.78, 5) is 19.1. The van der Waals surface area contributed by atoms with Crippen LogP contribution in [0, 0.1) is 5.92 Å². The number of hydrogen-bond donors (Lipinski definition) is 1. The molecule has 0 spiro atoms. The summed E-state index contributed by atoms with van der Waals surface area (Å²) < 4.78 is 10.7. The first kappa shape index (κ1) is 20.4. The maximum atomic E-state index is 12.5. The van der Waals surface area contributed by atoms with Crippen LogP contribution in [0.1, 0.15) is 44.9 Å². The molecule has 7 nitrogen and oxygen atoms in total. The summed E-state index contributed by atoms with van der Waals surface area (Å²) in [5, 5.41) is 7.23. The van der Waals surface area contributed by atoms with E-state index >= 15 is 0 Å². The number of amides is 1. The van der Waals surface area contributed by atoms with Crippen molar-refractivity contribution in [3.63, 3.8) is 0 Å². The zero-order chi connectivity index (χ0) is 20.8. The fourth-order valence-electron chi connectivity index (χ4n) is 4.16. The van der Waals surface area contributed by atoms with Crippen LogP contribution >= 0.6 is 0 Å². The van der Waals surface area contributed by atoms with Crippen LogP contribution in [0.3, 0.4) is 0 Å². The lowest BCUT2D eigenvalue weighted by atomic mass is 9.95. The van der Waals surface area contributed by atoms with Gasteiger partial charge >= 0.3 is 6.01 Å². The van der Waals surface area contributed by atoms with E-state index in [1.165, 1.54) is 31.3 Å². The quantitative estimate of drug-likeness (QED) is 0.696. The Bertz CT molecular complexity index is 867. The number of benzene rings is 1. The maximum absolute atomic E-state index is 12.5. The lowest BCUT2D eigenvalue weighted by Gasteiger charge is -2.29. The second-order valence-electron chi connectivity index (χ2n) is 8.04. The van der Waals surface area contributed by atoms with Crippen molar-refractivity contribution in [1.29, 1.82) is 0 Å². The lowest BCUT2D eigenvalue weighted by Crippen LogP contribution is -2.41. The predicted octanol–water partition coefficient (Wildman–Crippen LogP) is 3.97. The predicted molar refractivity (Wildman–Crippen MR) is 115 cm³/mol. The van der Waals surface area contributed by atoms with Crippen LogP contribution in [0.15, 0.2) is 40.4 Å². The van der Waals surface area contributed by atoms with Crippen LogP contribution in [0.25, 0.3) is 11.4 Å². The molecule has 0 atom stereocenters. The second kappa shape index (κ2) is 9.78. The third-order valence-electron chi connectivity index (χ3n) is 6.03. The number of anilines is 1. The number of ether oxygens (including phenoxy) is 1. The van der Waals surface area contributed by atoms with E-state index in [0.717, 1.165) is 50.2 Å². The summed E-state index contributed by atoms with van der Waals surface area (Å²) in [5.74, 6) is 1.59. The molecule has 0 bridgehead atoms. The van der Waals surface area contributed by atoms with Crippen LogP contribution in [0.2, 0.25) is 0 Å². The van der Waals surface area contributed by atoms with Gasteiger partial charge in [-0.05, 0) is 69.2 Å². The Morgan fingerprint density at radius 2 is 2.03 bits per heavy atom. The molecule has 0 saturated carbocycles. The van der Waals surface area contributed by atoms with Crippen LogP contribution in [-0.4, -0.2) is 42.8 Å². The van der Waals surface area contributed by atoms with Crippen LogP contribution < -0.4 is 15.0 Å². The standard InChI is InChI=1S/C23H30N4O3/c1-29-20-9-7-18(8-10-20)21-25-23(30-26-21)27-15-12-19(13-16-27)22(28)24-14-11-17-5-3-2-4-6-17/h5,7-10,19H,2-4,6,11-16H2,1H3,(H,24,28). The summed E-state index contributed by atoms with van der Waals surface area (Å²) in [6, 6.07) is 8.09. The zero-order valence-corrected chi connectivity index (χ0v) is 17.6. The van der Waals surface area contributed by atoms with Gasteiger partial charge in [0.2, 0.25) is 11.7 Å². The van der Waals surface area contributed by atoms with Crippen molar-refractivity contribution in [1.82, 2.24) is 15.5 Å². The van der Waals surface area contributed by atoms with Gasteiger partial charge in [-0.15, -0.1) is 0 Å². The number of hydrogen-bond acceptors (Lipinski definition) is 6. The average molecular weight is 411 g/mol. The van der Waals surface area contributed by atoms with E-state index in [-0.39, 0.29) is 11.8 Å². The van der Waals surface area contributed by atoms with Crippen molar-refractivity contribution >= 4 is 11.9 Å². The molecular formula is C23H30N4O3. The molecule has 1 N–H and O–H groups in total. The summed E-state index contributed by atoms with van der Waals surface area (Å²) in [6.45, 7) is 2.24. The van der Waals surface area contributed by atoms with Crippen molar-refractivity contribution in [3.8, 4) is 17.1 Å². The second-order valence-corrected chi connectivity index (χ2v) is 8.04. The first-order valence-corrected chi connectivity index (χ1v) is 10.9. The number of piperidine rings is 1. The highest BCUT2D eigenvalue weighted by atomic mass is 16.5. The molecule has 0 unspecified atom stereocenters. The number of carbonyl (C=O) groups excluding carboxylic acids is 1. The monoisotopic (exact) mass is 410 g/mol. The Kier molecular flexibility index (Phi) is 6.67. The van der Waals surface area contributed by atoms with Crippen molar-refractivity contribution < 1.29 is 14.1 Å². The topological polar surface area (TPSA) is 80.5 Å². The highest BCUT2D eigenvalue weighted by molar-refractivity contribution is 5.78. The maximum Gasteiger partial charge on any atom is 0.324 e. The van der Waals surface area contributed by atoms with Gasteiger partial charge in [-0.2, -0.15) is 4.98 Å².